The molecular formula is C28H30ClNO5. The zero-order valence-corrected chi connectivity index (χ0v) is 20.5. The zero-order valence-electron chi connectivity index (χ0n) is 19.8. The third-order valence-corrected chi connectivity index (χ3v) is 6.73. The maximum atomic E-state index is 12.3. The molecule has 2 N–H and O–H groups in total. The predicted octanol–water partition coefficient (Wildman–Crippen LogP) is 6.81. The summed E-state index contributed by atoms with van der Waals surface area (Å²) < 4.78 is 12.7. The number of benzene rings is 2. The number of ether oxygens (including phenoxy) is 1. The maximum absolute atomic E-state index is 12.3. The number of furan rings is 1. The molecule has 1 amide bonds. The molecule has 7 heteroatoms. The van der Waals surface area contributed by atoms with E-state index in [2.05, 4.69) is 11.4 Å². The molecule has 2 aromatic carbocycles. The molecular weight excluding hydrogens is 466 g/mol. The fraction of sp³-hybridized carbons (Fsp3) is 0.357. The predicted molar refractivity (Wildman–Crippen MR) is 135 cm³/mol. The first kappa shape index (κ1) is 24.9. The summed E-state index contributed by atoms with van der Waals surface area (Å²) in [5.41, 5.74) is 2.46. The topological polar surface area (TPSA) is 88.8 Å². The Morgan fingerprint density at radius 1 is 1.09 bits per heavy atom. The number of rotatable bonds is 9. The third kappa shape index (κ3) is 6.45. The first-order chi connectivity index (χ1) is 16.9. The number of aryl methyl sites for hydroxylation is 1. The van der Waals surface area contributed by atoms with Gasteiger partial charge in [0.2, 0.25) is 0 Å². The number of amides is 1. The largest absolute Gasteiger partial charge is 0.485 e. The lowest BCUT2D eigenvalue weighted by atomic mass is 9.82. The number of nitrogens with one attached hydrogen (secondary N) is 1. The van der Waals surface area contributed by atoms with Crippen molar-refractivity contribution in [1.82, 2.24) is 5.32 Å². The number of carbonyl (C=O) groups excluding carboxylic acids is 1. The van der Waals surface area contributed by atoms with Crippen molar-refractivity contribution in [1.29, 1.82) is 0 Å². The third-order valence-electron chi connectivity index (χ3n) is 6.47. The van der Waals surface area contributed by atoms with Gasteiger partial charge in [0.25, 0.3) is 5.91 Å². The van der Waals surface area contributed by atoms with Crippen LogP contribution >= 0.6 is 11.6 Å². The molecule has 0 aliphatic heterocycles. The number of halogens is 1. The molecule has 4 rings (SSSR count). The lowest BCUT2D eigenvalue weighted by molar-refractivity contribution is -0.136. The average Bonchev–Trinajstić information content (AvgIpc) is 3.24. The van der Waals surface area contributed by atoms with Crippen molar-refractivity contribution < 1.29 is 23.8 Å². The Labute approximate surface area is 210 Å². The number of carboxylic acids is 1. The summed E-state index contributed by atoms with van der Waals surface area (Å²) in [7, 11) is 0. The SMILES string of the molecule is Cc1oc(-c2ccc(Cl)cc2)cc1C(Oc1ccc(C(=O)NCCC(=O)O)cc1)C1CCCCC1. The Kier molecular flexibility index (Phi) is 8.13. The van der Waals surface area contributed by atoms with E-state index in [1.807, 2.05) is 31.2 Å². The summed E-state index contributed by atoms with van der Waals surface area (Å²) in [5.74, 6) is 1.41. The van der Waals surface area contributed by atoms with Crippen LogP contribution in [0, 0.1) is 12.8 Å². The average molecular weight is 496 g/mol. The van der Waals surface area contributed by atoms with Gasteiger partial charge in [0.05, 0.1) is 6.42 Å². The van der Waals surface area contributed by atoms with Crippen LogP contribution in [-0.4, -0.2) is 23.5 Å². The van der Waals surface area contributed by atoms with Crippen molar-refractivity contribution in [3.63, 3.8) is 0 Å². The fourth-order valence-electron chi connectivity index (χ4n) is 4.60. The molecule has 1 unspecified atom stereocenters. The van der Waals surface area contributed by atoms with Crippen LogP contribution in [0.5, 0.6) is 5.75 Å². The minimum atomic E-state index is -0.948. The molecule has 1 aliphatic carbocycles. The van der Waals surface area contributed by atoms with E-state index >= 15 is 0 Å². The van der Waals surface area contributed by atoms with Gasteiger partial charge in [-0.2, -0.15) is 0 Å². The molecule has 1 saturated carbocycles. The highest BCUT2D eigenvalue weighted by atomic mass is 35.5. The quantitative estimate of drug-likeness (QED) is 0.340. The van der Waals surface area contributed by atoms with E-state index in [-0.39, 0.29) is 25.0 Å². The Hall–Kier alpha value is -3.25. The molecule has 1 heterocycles. The van der Waals surface area contributed by atoms with Crippen LogP contribution in [0.3, 0.4) is 0 Å². The smallest absolute Gasteiger partial charge is 0.305 e. The van der Waals surface area contributed by atoms with Crippen molar-refractivity contribution in [3.8, 4) is 17.1 Å². The van der Waals surface area contributed by atoms with Crippen molar-refractivity contribution in [2.24, 2.45) is 5.92 Å². The number of carbonyl (C=O) groups is 2. The Morgan fingerprint density at radius 2 is 1.77 bits per heavy atom. The van der Waals surface area contributed by atoms with E-state index in [0.717, 1.165) is 35.5 Å². The Bertz CT molecular complexity index is 1150. The minimum Gasteiger partial charge on any atom is -0.485 e. The second kappa shape index (κ2) is 11.5. The van der Waals surface area contributed by atoms with E-state index in [9.17, 15) is 9.59 Å². The normalized spacial score (nSPS) is 14.9. The van der Waals surface area contributed by atoms with Crippen LogP contribution in [0.25, 0.3) is 11.3 Å². The second-order valence-corrected chi connectivity index (χ2v) is 9.43. The highest BCUT2D eigenvalue weighted by Crippen LogP contribution is 2.41. The second-order valence-electron chi connectivity index (χ2n) is 8.99. The molecule has 1 fully saturated rings. The van der Waals surface area contributed by atoms with Crippen LogP contribution in [0.1, 0.15) is 66.3 Å². The Balaban J connectivity index is 1.54. The molecule has 6 nitrogen and oxygen atoms in total. The lowest BCUT2D eigenvalue weighted by Crippen LogP contribution is -2.26. The van der Waals surface area contributed by atoms with E-state index in [0.29, 0.717) is 22.3 Å². The molecule has 0 spiro atoms. The lowest BCUT2D eigenvalue weighted by Gasteiger charge is -2.30. The number of aliphatic carboxylic acids is 1. The van der Waals surface area contributed by atoms with E-state index < -0.39 is 5.97 Å². The van der Waals surface area contributed by atoms with Gasteiger partial charge in [-0.05, 0) is 74.4 Å². The van der Waals surface area contributed by atoms with Crippen LogP contribution in [-0.2, 0) is 4.79 Å². The zero-order chi connectivity index (χ0) is 24.8. The molecule has 1 aliphatic rings. The monoisotopic (exact) mass is 495 g/mol. The van der Waals surface area contributed by atoms with Crippen LogP contribution in [0.2, 0.25) is 5.02 Å². The van der Waals surface area contributed by atoms with Gasteiger partial charge in [0.15, 0.2) is 0 Å². The fourth-order valence-corrected chi connectivity index (χ4v) is 4.73. The van der Waals surface area contributed by atoms with E-state index in [4.69, 9.17) is 25.9 Å². The Morgan fingerprint density at radius 3 is 2.43 bits per heavy atom. The van der Waals surface area contributed by atoms with Gasteiger partial charge >= 0.3 is 5.97 Å². The van der Waals surface area contributed by atoms with Crippen molar-refractivity contribution in [2.75, 3.05) is 6.54 Å². The maximum Gasteiger partial charge on any atom is 0.305 e. The highest BCUT2D eigenvalue weighted by molar-refractivity contribution is 6.30. The molecule has 3 aromatic rings. The molecule has 0 radical (unpaired) electrons. The molecule has 0 bridgehead atoms. The summed E-state index contributed by atoms with van der Waals surface area (Å²) in [4.78, 5) is 22.9. The van der Waals surface area contributed by atoms with Crippen LogP contribution in [0.4, 0.5) is 0 Å². The molecule has 184 valence electrons. The number of hydrogen-bond acceptors (Lipinski definition) is 4. The van der Waals surface area contributed by atoms with Gasteiger partial charge in [-0.25, -0.2) is 0 Å². The van der Waals surface area contributed by atoms with Crippen molar-refractivity contribution in [3.05, 3.63) is 76.5 Å². The number of hydrogen-bond donors (Lipinski definition) is 2. The molecule has 1 aromatic heterocycles. The van der Waals surface area contributed by atoms with Gasteiger partial charge in [0.1, 0.15) is 23.4 Å². The van der Waals surface area contributed by atoms with Gasteiger partial charge < -0.3 is 19.6 Å². The summed E-state index contributed by atoms with van der Waals surface area (Å²) in [6.07, 6.45) is 5.52. The summed E-state index contributed by atoms with van der Waals surface area (Å²) in [6.45, 7) is 2.06. The van der Waals surface area contributed by atoms with Gasteiger partial charge in [-0.15, -0.1) is 0 Å². The van der Waals surface area contributed by atoms with Crippen LogP contribution < -0.4 is 10.1 Å². The first-order valence-electron chi connectivity index (χ1n) is 12.0. The summed E-state index contributed by atoms with van der Waals surface area (Å²) >= 11 is 6.05. The van der Waals surface area contributed by atoms with Gasteiger partial charge in [-0.3, -0.25) is 9.59 Å². The summed E-state index contributed by atoms with van der Waals surface area (Å²) in [6, 6.07) is 16.6. The van der Waals surface area contributed by atoms with Gasteiger partial charge in [0, 0.05) is 34.2 Å². The minimum absolute atomic E-state index is 0.0892. The molecule has 35 heavy (non-hydrogen) atoms. The van der Waals surface area contributed by atoms with E-state index in [1.165, 1.54) is 19.3 Å². The molecule has 1 atom stereocenters. The standard InChI is InChI=1S/C28H30ClNO5/c1-18-24(17-25(34-18)19-7-11-22(29)12-8-19)27(20-5-3-2-4-6-20)35-23-13-9-21(10-14-23)28(33)30-16-15-26(31)32/h7-14,17,20,27H,2-6,15-16H2,1H3,(H,30,33)(H,31,32). The highest BCUT2D eigenvalue weighted by Gasteiger charge is 2.30. The van der Waals surface area contributed by atoms with E-state index in [1.54, 1.807) is 24.3 Å². The van der Waals surface area contributed by atoms with Crippen molar-refractivity contribution in [2.45, 2.75) is 51.6 Å². The molecule has 0 saturated heterocycles. The first-order valence-corrected chi connectivity index (χ1v) is 12.4. The van der Waals surface area contributed by atoms with Gasteiger partial charge in [-0.1, -0.05) is 30.9 Å². The van der Waals surface area contributed by atoms with Crippen molar-refractivity contribution >= 4 is 23.5 Å². The number of carboxylic acid groups (broad SMARTS) is 1. The summed E-state index contributed by atoms with van der Waals surface area (Å²) in [5, 5.41) is 12.0. The van der Waals surface area contributed by atoms with Crippen LogP contribution in [0.15, 0.2) is 59.0 Å².